The quantitative estimate of drug-likeness (QED) is 0.448. The van der Waals surface area contributed by atoms with E-state index in [1.165, 1.54) is 13.8 Å². The van der Waals surface area contributed by atoms with Crippen LogP contribution < -0.4 is 0 Å². The Balaban J connectivity index is 1.88. The average Bonchev–Trinajstić information content (AvgIpc) is 2.79. The molecule has 0 aliphatic heterocycles. The van der Waals surface area contributed by atoms with Gasteiger partial charge < -0.3 is 24.8 Å². The van der Waals surface area contributed by atoms with Crippen molar-refractivity contribution in [3.05, 3.63) is 12.2 Å². The number of esters is 2. The first-order chi connectivity index (χ1) is 14.3. The molecule has 10 atom stereocenters. The van der Waals surface area contributed by atoms with Crippen LogP contribution in [-0.4, -0.2) is 57.8 Å². The first kappa shape index (κ1) is 22.7. The molecule has 0 saturated heterocycles. The third kappa shape index (κ3) is 2.96. The molecule has 0 radical (unpaired) electrons. The van der Waals surface area contributed by atoms with Gasteiger partial charge in [0.05, 0.1) is 18.3 Å². The Labute approximate surface area is 183 Å². The van der Waals surface area contributed by atoms with Gasteiger partial charge in [0.2, 0.25) is 0 Å². The van der Waals surface area contributed by atoms with Crippen LogP contribution in [0.3, 0.4) is 0 Å². The van der Waals surface area contributed by atoms with E-state index in [0.717, 1.165) is 5.57 Å². The van der Waals surface area contributed by atoms with Crippen LogP contribution in [0.1, 0.15) is 60.3 Å². The summed E-state index contributed by atoms with van der Waals surface area (Å²) in [6.45, 7) is 12.7. The van der Waals surface area contributed by atoms with Crippen LogP contribution in [0.4, 0.5) is 0 Å². The summed E-state index contributed by atoms with van der Waals surface area (Å²) < 4.78 is 11.5. The summed E-state index contributed by atoms with van der Waals surface area (Å²) in [5.41, 5.74) is -1.46. The van der Waals surface area contributed by atoms with E-state index in [-0.39, 0.29) is 18.3 Å². The number of fused-ring (bicyclic) bond motifs is 3. The van der Waals surface area contributed by atoms with Gasteiger partial charge in [0.15, 0.2) is 0 Å². The molecular formula is C24H36O7. The van der Waals surface area contributed by atoms with Gasteiger partial charge in [-0.15, -0.1) is 0 Å². The molecule has 0 aromatic heterocycles. The van der Waals surface area contributed by atoms with Crippen LogP contribution in [0.2, 0.25) is 0 Å². The zero-order valence-corrected chi connectivity index (χ0v) is 19.1. The number of carbonyl (C=O) groups excluding carboxylic acids is 2. The number of ether oxygens (including phenoxy) is 2. The van der Waals surface area contributed by atoms with E-state index in [0.29, 0.717) is 19.3 Å². The van der Waals surface area contributed by atoms with Crippen molar-refractivity contribution in [1.29, 1.82) is 0 Å². The second-order valence-corrected chi connectivity index (χ2v) is 11.3. The van der Waals surface area contributed by atoms with E-state index in [4.69, 9.17) is 9.47 Å². The van der Waals surface area contributed by atoms with E-state index in [9.17, 15) is 24.9 Å². The lowest BCUT2D eigenvalue weighted by Crippen LogP contribution is -2.72. The lowest BCUT2D eigenvalue weighted by molar-refractivity contribution is -0.291. The topological polar surface area (TPSA) is 113 Å². The van der Waals surface area contributed by atoms with Gasteiger partial charge in [-0.25, -0.2) is 0 Å². The highest BCUT2D eigenvalue weighted by molar-refractivity contribution is 5.67. The summed E-state index contributed by atoms with van der Waals surface area (Å²) in [6.07, 6.45) is -1.80. The maximum absolute atomic E-state index is 12.1. The molecular weight excluding hydrogens is 400 g/mol. The van der Waals surface area contributed by atoms with Crippen molar-refractivity contribution < 1.29 is 34.4 Å². The fourth-order valence-electron chi connectivity index (χ4n) is 8.46. The van der Waals surface area contributed by atoms with E-state index in [1.807, 2.05) is 20.8 Å². The molecule has 1 spiro atoms. The Morgan fingerprint density at radius 1 is 0.968 bits per heavy atom. The minimum atomic E-state index is -0.901. The summed E-state index contributed by atoms with van der Waals surface area (Å²) in [7, 11) is 0. The van der Waals surface area contributed by atoms with Crippen molar-refractivity contribution in [2.24, 2.45) is 34.0 Å². The van der Waals surface area contributed by atoms with Crippen LogP contribution >= 0.6 is 0 Å². The van der Waals surface area contributed by atoms with Gasteiger partial charge in [0.25, 0.3) is 0 Å². The smallest absolute Gasteiger partial charge is 0.302 e. The lowest BCUT2D eigenvalue weighted by atomic mass is 9.38. The summed E-state index contributed by atoms with van der Waals surface area (Å²) in [4.78, 5) is 23.9. The Hall–Kier alpha value is -1.44. The molecule has 3 N–H and O–H groups in total. The van der Waals surface area contributed by atoms with E-state index in [2.05, 4.69) is 6.58 Å². The fraction of sp³-hybridized carbons (Fsp3) is 0.833. The van der Waals surface area contributed by atoms with E-state index < -0.39 is 64.6 Å². The molecule has 7 nitrogen and oxygen atoms in total. The molecule has 4 fully saturated rings. The van der Waals surface area contributed by atoms with Gasteiger partial charge >= 0.3 is 11.9 Å². The molecule has 0 unspecified atom stereocenters. The Bertz CT molecular complexity index is 806. The molecule has 174 valence electrons. The standard InChI is InChI=1S/C24H36O7/c1-11-14-7-15(27)19-23(6)17(28)8-18(31-13(3)26)22(4,5)20(23)16(30-12(2)25)10-24(19,9-14)21(11)29/h14-21,27-29H,1,7-10H2,2-6H3/t14-,15+,16+,17+,18+,19+,20-,21-,23+,24+/m1/s1. The minimum absolute atomic E-state index is 0.0157. The highest BCUT2D eigenvalue weighted by Gasteiger charge is 2.74. The third-order valence-electron chi connectivity index (χ3n) is 9.28. The van der Waals surface area contributed by atoms with Crippen molar-refractivity contribution in [1.82, 2.24) is 0 Å². The molecule has 4 saturated carbocycles. The van der Waals surface area contributed by atoms with Gasteiger partial charge in [-0.05, 0) is 30.8 Å². The maximum atomic E-state index is 12.1. The molecule has 0 amide bonds. The first-order valence-electron chi connectivity index (χ1n) is 11.3. The Kier molecular flexibility index (Phi) is 5.16. The molecule has 0 aromatic carbocycles. The predicted octanol–water partition coefficient (Wildman–Crippen LogP) is 1.97. The minimum Gasteiger partial charge on any atom is -0.462 e. The van der Waals surface area contributed by atoms with Crippen molar-refractivity contribution >= 4 is 11.9 Å². The average molecular weight is 437 g/mol. The maximum Gasteiger partial charge on any atom is 0.302 e. The van der Waals surface area contributed by atoms with Crippen molar-refractivity contribution in [2.45, 2.75) is 90.8 Å². The molecule has 4 rings (SSSR count). The second kappa shape index (κ2) is 7.03. The Morgan fingerprint density at radius 3 is 2.16 bits per heavy atom. The fourth-order valence-corrected chi connectivity index (χ4v) is 8.46. The Morgan fingerprint density at radius 2 is 1.58 bits per heavy atom. The van der Waals surface area contributed by atoms with Crippen molar-refractivity contribution in [2.75, 3.05) is 0 Å². The molecule has 0 aromatic rings. The number of aliphatic hydroxyl groups is 3. The molecule has 31 heavy (non-hydrogen) atoms. The molecule has 7 heteroatoms. The monoisotopic (exact) mass is 436 g/mol. The zero-order chi connectivity index (χ0) is 23.1. The van der Waals surface area contributed by atoms with Gasteiger partial charge in [0, 0.05) is 48.3 Å². The van der Waals surface area contributed by atoms with Crippen molar-refractivity contribution in [3.8, 4) is 0 Å². The van der Waals surface area contributed by atoms with Gasteiger partial charge in [-0.2, -0.15) is 0 Å². The number of carbonyl (C=O) groups is 2. The molecule has 4 aliphatic carbocycles. The van der Waals surface area contributed by atoms with Gasteiger partial charge in [-0.1, -0.05) is 27.4 Å². The summed E-state index contributed by atoms with van der Waals surface area (Å²) in [5.74, 6) is -1.61. The van der Waals surface area contributed by atoms with Gasteiger partial charge in [-0.3, -0.25) is 9.59 Å². The van der Waals surface area contributed by atoms with Crippen LogP contribution in [0.15, 0.2) is 12.2 Å². The third-order valence-corrected chi connectivity index (χ3v) is 9.28. The van der Waals surface area contributed by atoms with Crippen LogP contribution in [-0.2, 0) is 19.1 Å². The largest absolute Gasteiger partial charge is 0.462 e. The van der Waals surface area contributed by atoms with Crippen LogP contribution in [0.5, 0.6) is 0 Å². The SMILES string of the molecule is C=C1[C@@H]2C[C@H](O)[C@@H]3[C@](C2)(C[C@H](OC(C)=O)[C@@H]2C(C)(C)[C@@H](OC(C)=O)C[C@H](O)[C@]23C)[C@@H]1O. The summed E-state index contributed by atoms with van der Waals surface area (Å²) in [6, 6.07) is 0. The normalized spacial score (nSPS) is 50.3. The summed E-state index contributed by atoms with van der Waals surface area (Å²) >= 11 is 0. The van der Waals surface area contributed by atoms with Gasteiger partial charge in [0.1, 0.15) is 12.2 Å². The highest BCUT2D eigenvalue weighted by Crippen LogP contribution is 2.72. The summed E-state index contributed by atoms with van der Waals surface area (Å²) in [5, 5.41) is 34.2. The number of aliphatic hydroxyl groups excluding tert-OH is 3. The molecule has 2 bridgehead atoms. The number of hydrogen-bond donors (Lipinski definition) is 3. The number of hydrogen-bond acceptors (Lipinski definition) is 7. The molecule has 0 heterocycles. The lowest BCUT2D eigenvalue weighted by Gasteiger charge is -2.68. The highest BCUT2D eigenvalue weighted by atomic mass is 16.6. The predicted molar refractivity (Wildman–Crippen MR) is 112 cm³/mol. The number of rotatable bonds is 2. The zero-order valence-electron chi connectivity index (χ0n) is 19.1. The van der Waals surface area contributed by atoms with E-state index >= 15 is 0 Å². The van der Waals surface area contributed by atoms with Crippen LogP contribution in [0, 0.1) is 34.0 Å². The second-order valence-electron chi connectivity index (χ2n) is 11.3. The van der Waals surface area contributed by atoms with Crippen LogP contribution in [0.25, 0.3) is 0 Å². The van der Waals surface area contributed by atoms with Crippen molar-refractivity contribution in [3.63, 3.8) is 0 Å². The molecule has 4 aliphatic rings. The first-order valence-corrected chi connectivity index (χ1v) is 11.3. The van der Waals surface area contributed by atoms with E-state index in [1.54, 1.807) is 0 Å².